The van der Waals surface area contributed by atoms with Crippen molar-refractivity contribution in [1.29, 1.82) is 5.26 Å². The summed E-state index contributed by atoms with van der Waals surface area (Å²) in [5.41, 5.74) is -0.841. The lowest BCUT2D eigenvalue weighted by Gasteiger charge is -2.14. The van der Waals surface area contributed by atoms with Crippen LogP contribution in [0.15, 0.2) is 29.1 Å². The summed E-state index contributed by atoms with van der Waals surface area (Å²) in [5.74, 6) is -0.356. The molecule has 6 nitrogen and oxygen atoms in total. The van der Waals surface area contributed by atoms with Crippen molar-refractivity contribution in [2.24, 2.45) is 5.41 Å². The van der Waals surface area contributed by atoms with E-state index in [4.69, 9.17) is 33.2 Å². The van der Waals surface area contributed by atoms with Gasteiger partial charge in [-0.15, -0.1) is 23.2 Å². The van der Waals surface area contributed by atoms with Crippen LogP contribution in [0.1, 0.15) is 19.2 Å². The zero-order chi connectivity index (χ0) is 17.5. The maximum Gasteiger partial charge on any atom is 0.315 e. The Morgan fingerprint density at radius 1 is 1.46 bits per heavy atom. The van der Waals surface area contributed by atoms with E-state index >= 15 is 0 Å². The normalized spacial score (nSPS) is 21.2. The van der Waals surface area contributed by atoms with Crippen molar-refractivity contribution in [2.45, 2.75) is 30.8 Å². The molecule has 3 rings (SSSR count). The summed E-state index contributed by atoms with van der Waals surface area (Å²) >= 11 is 11.9. The van der Waals surface area contributed by atoms with E-state index in [1.165, 1.54) is 4.57 Å². The van der Waals surface area contributed by atoms with Gasteiger partial charge in [0.1, 0.15) is 22.9 Å². The van der Waals surface area contributed by atoms with Crippen molar-refractivity contribution >= 4 is 40.1 Å². The van der Waals surface area contributed by atoms with Crippen LogP contribution in [0.25, 0.3) is 10.9 Å². The number of nitriles is 1. The highest BCUT2D eigenvalue weighted by atomic mass is 35.5. The minimum Gasteiger partial charge on any atom is -0.457 e. The number of ether oxygens (including phenoxy) is 1. The Labute approximate surface area is 147 Å². The third kappa shape index (κ3) is 2.64. The Balaban J connectivity index is 1.92. The van der Waals surface area contributed by atoms with E-state index in [1.807, 2.05) is 6.07 Å². The van der Waals surface area contributed by atoms with Gasteiger partial charge in [-0.3, -0.25) is 14.2 Å². The first-order chi connectivity index (χ1) is 11.3. The predicted molar refractivity (Wildman–Crippen MR) is 88.6 cm³/mol. The molecule has 1 fully saturated rings. The molecule has 1 saturated carbocycles. The monoisotopic (exact) mass is 365 g/mol. The summed E-state index contributed by atoms with van der Waals surface area (Å²) in [6, 6.07) is 8.70. The van der Waals surface area contributed by atoms with Crippen LogP contribution in [0.2, 0.25) is 0 Å². The minimum absolute atomic E-state index is 0.185. The molecule has 1 aliphatic rings. The number of esters is 1. The van der Waals surface area contributed by atoms with Crippen LogP contribution >= 0.6 is 23.2 Å². The van der Waals surface area contributed by atoms with Crippen LogP contribution in [0.4, 0.5) is 0 Å². The van der Waals surface area contributed by atoms with E-state index in [2.05, 4.69) is 4.98 Å². The van der Waals surface area contributed by atoms with Crippen molar-refractivity contribution in [3.05, 3.63) is 40.4 Å². The van der Waals surface area contributed by atoms with Crippen LogP contribution < -0.4 is 5.56 Å². The smallest absolute Gasteiger partial charge is 0.315 e. The van der Waals surface area contributed by atoms with Gasteiger partial charge in [0.05, 0.1) is 17.0 Å². The van der Waals surface area contributed by atoms with E-state index in [1.54, 1.807) is 31.2 Å². The number of carbonyl (C=O) groups excluding carboxylic acids is 1. The molecule has 0 amide bonds. The van der Waals surface area contributed by atoms with Crippen LogP contribution in [-0.2, 0) is 22.7 Å². The molecular weight excluding hydrogens is 353 g/mol. The first kappa shape index (κ1) is 16.7. The highest BCUT2D eigenvalue weighted by Crippen LogP contribution is 2.64. The number of aromatic nitrogens is 2. The fourth-order valence-electron chi connectivity index (χ4n) is 2.47. The zero-order valence-electron chi connectivity index (χ0n) is 12.8. The Morgan fingerprint density at radius 3 is 2.75 bits per heavy atom. The SMILES string of the molecule is C[C@@]1(C(=O)OCc2nc3ccccc3c(=O)n2CC#N)CC1(Cl)Cl. The minimum atomic E-state index is -1.13. The third-order valence-corrected chi connectivity index (χ3v) is 5.31. The Bertz CT molecular complexity index is 932. The molecule has 0 unspecified atom stereocenters. The van der Waals surface area contributed by atoms with E-state index in [-0.39, 0.29) is 24.5 Å². The molecule has 8 heteroatoms. The number of para-hydroxylation sites is 1. The summed E-state index contributed by atoms with van der Waals surface area (Å²) in [7, 11) is 0. The summed E-state index contributed by atoms with van der Waals surface area (Å²) in [6.45, 7) is 1.20. The van der Waals surface area contributed by atoms with Crippen LogP contribution in [0.5, 0.6) is 0 Å². The molecule has 1 aromatic carbocycles. The number of carbonyl (C=O) groups is 1. The van der Waals surface area contributed by atoms with Crippen LogP contribution in [0, 0.1) is 16.7 Å². The standard InChI is InChI=1S/C16H13Cl2N3O3/c1-15(9-16(15,17)18)14(23)24-8-12-20-11-5-3-2-4-10(11)13(22)21(12)7-6-19/h2-5H,7-9H2,1H3/t15-/m0/s1. The maximum absolute atomic E-state index is 12.5. The van der Waals surface area contributed by atoms with Gasteiger partial charge in [-0.25, -0.2) is 4.98 Å². The Kier molecular flexibility index (Phi) is 4.02. The van der Waals surface area contributed by atoms with E-state index in [0.29, 0.717) is 17.3 Å². The van der Waals surface area contributed by atoms with Gasteiger partial charge in [0, 0.05) is 6.42 Å². The van der Waals surface area contributed by atoms with Gasteiger partial charge in [-0.1, -0.05) is 12.1 Å². The third-order valence-electron chi connectivity index (χ3n) is 4.21. The quantitative estimate of drug-likeness (QED) is 0.613. The highest BCUT2D eigenvalue weighted by Gasteiger charge is 2.69. The topological polar surface area (TPSA) is 85.0 Å². The van der Waals surface area contributed by atoms with Gasteiger partial charge in [-0.2, -0.15) is 5.26 Å². The lowest BCUT2D eigenvalue weighted by atomic mass is 10.1. The molecular formula is C16H13Cl2N3O3. The summed E-state index contributed by atoms with van der Waals surface area (Å²) in [4.78, 5) is 29.0. The fourth-order valence-corrected chi connectivity index (χ4v) is 3.16. The summed E-state index contributed by atoms with van der Waals surface area (Å²) in [6.07, 6.45) is 0.304. The van der Waals surface area contributed by atoms with E-state index in [0.717, 1.165) is 0 Å². The Hall–Kier alpha value is -2.10. The summed E-state index contributed by atoms with van der Waals surface area (Å²) in [5, 5.41) is 9.35. The van der Waals surface area contributed by atoms with Crippen molar-refractivity contribution in [2.75, 3.05) is 0 Å². The average molecular weight is 366 g/mol. The molecule has 0 saturated heterocycles. The number of halogens is 2. The molecule has 24 heavy (non-hydrogen) atoms. The molecule has 1 aromatic heterocycles. The molecule has 0 radical (unpaired) electrons. The number of nitrogens with zero attached hydrogens (tertiary/aromatic N) is 3. The average Bonchev–Trinajstić information content (AvgIpc) is 3.08. The van der Waals surface area contributed by atoms with Crippen molar-refractivity contribution < 1.29 is 9.53 Å². The molecule has 124 valence electrons. The van der Waals surface area contributed by atoms with Gasteiger partial charge in [0.15, 0.2) is 5.82 Å². The van der Waals surface area contributed by atoms with E-state index < -0.39 is 15.7 Å². The first-order valence-electron chi connectivity index (χ1n) is 7.20. The largest absolute Gasteiger partial charge is 0.457 e. The second-order valence-corrected chi connectivity index (χ2v) is 7.37. The second kappa shape index (κ2) is 5.76. The molecule has 0 bridgehead atoms. The molecule has 1 heterocycles. The number of rotatable bonds is 4. The maximum atomic E-state index is 12.5. The molecule has 0 aliphatic heterocycles. The Morgan fingerprint density at radius 2 is 2.12 bits per heavy atom. The number of fused-ring (bicyclic) bond motifs is 1. The lowest BCUT2D eigenvalue weighted by molar-refractivity contribution is -0.151. The van der Waals surface area contributed by atoms with Gasteiger partial charge < -0.3 is 4.74 Å². The van der Waals surface area contributed by atoms with Gasteiger partial charge in [0.25, 0.3) is 5.56 Å². The highest BCUT2D eigenvalue weighted by molar-refractivity contribution is 6.53. The molecule has 1 atom stereocenters. The van der Waals surface area contributed by atoms with Crippen molar-refractivity contribution in [3.8, 4) is 6.07 Å². The number of benzene rings is 1. The number of hydrogen-bond donors (Lipinski definition) is 0. The van der Waals surface area contributed by atoms with Gasteiger partial charge >= 0.3 is 5.97 Å². The van der Waals surface area contributed by atoms with Crippen molar-refractivity contribution in [3.63, 3.8) is 0 Å². The van der Waals surface area contributed by atoms with Crippen LogP contribution in [-0.4, -0.2) is 19.9 Å². The summed E-state index contributed by atoms with van der Waals surface area (Å²) < 4.78 is 5.30. The lowest BCUT2D eigenvalue weighted by Crippen LogP contribution is -2.27. The zero-order valence-corrected chi connectivity index (χ0v) is 14.3. The second-order valence-electron chi connectivity index (χ2n) is 5.88. The molecule has 1 aliphatic carbocycles. The molecule has 2 aromatic rings. The van der Waals surface area contributed by atoms with Gasteiger partial charge in [0.2, 0.25) is 0 Å². The number of hydrogen-bond acceptors (Lipinski definition) is 5. The number of alkyl halides is 2. The predicted octanol–water partition coefficient (Wildman–Crippen LogP) is 2.55. The van der Waals surface area contributed by atoms with Crippen molar-refractivity contribution in [1.82, 2.24) is 9.55 Å². The van der Waals surface area contributed by atoms with E-state index in [9.17, 15) is 9.59 Å². The fraction of sp³-hybridized carbons (Fsp3) is 0.375. The first-order valence-corrected chi connectivity index (χ1v) is 7.96. The van der Waals surface area contributed by atoms with Gasteiger partial charge in [-0.05, 0) is 19.1 Å². The molecule has 0 N–H and O–H groups in total. The van der Waals surface area contributed by atoms with Crippen LogP contribution in [0.3, 0.4) is 0 Å². The molecule has 0 spiro atoms.